The van der Waals surface area contributed by atoms with Gasteiger partial charge in [-0.1, -0.05) is 17.7 Å². The molecule has 0 spiro atoms. The highest BCUT2D eigenvalue weighted by molar-refractivity contribution is 6.32. The fourth-order valence-electron chi connectivity index (χ4n) is 4.86. The Kier molecular flexibility index (Phi) is 10.0. The lowest BCUT2D eigenvalue weighted by Crippen LogP contribution is -2.41. The van der Waals surface area contributed by atoms with Gasteiger partial charge in [-0.05, 0) is 61.4 Å². The van der Waals surface area contributed by atoms with E-state index in [9.17, 15) is 18.7 Å². The lowest BCUT2D eigenvalue weighted by molar-refractivity contribution is -0.137. The zero-order valence-electron chi connectivity index (χ0n) is 21.5. The molecule has 2 aromatic rings. The fourth-order valence-corrected chi connectivity index (χ4v) is 5.03. The Balaban J connectivity index is 1.71. The monoisotopic (exact) mass is 552 g/mol. The Morgan fingerprint density at radius 3 is 2.58 bits per heavy atom. The molecule has 0 radical (unpaired) electrons. The smallest absolute Gasteiger partial charge is 0.304 e. The number of rotatable bonds is 14. The van der Waals surface area contributed by atoms with Gasteiger partial charge in [0.25, 0.3) is 6.43 Å². The summed E-state index contributed by atoms with van der Waals surface area (Å²) < 4.78 is 41.7. The van der Waals surface area contributed by atoms with Gasteiger partial charge >= 0.3 is 5.97 Å². The van der Waals surface area contributed by atoms with Crippen LogP contribution in [-0.2, 0) is 14.3 Å². The first kappa shape index (κ1) is 28.4. The van der Waals surface area contributed by atoms with Gasteiger partial charge in [0, 0.05) is 50.6 Å². The first-order valence-electron chi connectivity index (χ1n) is 13.0. The number of methoxy groups -OCH3 is 1. The van der Waals surface area contributed by atoms with Gasteiger partial charge in [0.15, 0.2) is 0 Å². The van der Waals surface area contributed by atoms with Crippen molar-refractivity contribution in [2.75, 3.05) is 50.3 Å². The minimum atomic E-state index is -2.62. The van der Waals surface area contributed by atoms with Crippen LogP contribution in [0, 0.1) is 5.92 Å². The maximum absolute atomic E-state index is 12.8. The number of hydrogen-bond acceptors (Lipinski definition) is 6. The molecule has 208 valence electrons. The van der Waals surface area contributed by atoms with Crippen LogP contribution in [0.3, 0.4) is 0 Å². The molecule has 1 saturated heterocycles. The first-order valence-corrected chi connectivity index (χ1v) is 13.4. The van der Waals surface area contributed by atoms with Crippen LogP contribution < -0.4 is 15.0 Å². The summed E-state index contributed by atoms with van der Waals surface area (Å²) in [6, 6.07) is 11.3. The number of nitrogens with one attached hydrogen (secondary N) is 1. The largest absolute Gasteiger partial charge is 0.486 e. The van der Waals surface area contributed by atoms with Crippen LogP contribution in [-0.4, -0.2) is 63.6 Å². The van der Waals surface area contributed by atoms with E-state index in [0.717, 1.165) is 36.3 Å². The van der Waals surface area contributed by atoms with Crippen molar-refractivity contribution in [3.63, 3.8) is 0 Å². The summed E-state index contributed by atoms with van der Waals surface area (Å²) in [4.78, 5) is 14.0. The number of ether oxygens (including phenoxy) is 3. The number of hydrogen-bond donors (Lipinski definition) is 2. The van der Waals surface area contributed by atoms with E-state index < -0.39 is 19.0 Å². The van der Waals surface area contributed by atoms with Gasteiger partial charge in [0.05, 0.1) is 29.4 Å². The average molecular weight is 553 g/mol. The minimum absolute atomic E-state index is 0.0645. The van der Waals surface area contributed by atoms with Crippen molar-refractivity contribution in [2.45, 2.75) is 50.5 Å². The van der Waals surface area contributed by atoms with E-state index in [0.29, 0.717) is 30.9 Å². The number of carbonyl (C=O) groups is 1. The van der Waals surface area contributed by atoms with E-state index in [1.54, 1.807) is 25.3 Å². The molecule has 1 aliphatic carbocycles. The molecule has 2 aromatic carbocycles. The highest BCUT2D eigenvalue weighted by atomic mass is 35.5. The van der Waals surface area contributed by atoms with Gasteiger partial charge in [-0.15, -0.1) is 0 Å². The number of anilines is 3. The number of halogens is 3. The van der Waals surface area contributed by atoms with Crippen molar-refractivity contribution in [1.82, 2.24) is 0 Å². The van der Waals surface area contributed by atoms with Crippen LogP contribution in [0.15, 0.2) is 36.4 Å². The number of nitrogens with zero attached hydrogens (tertiary/aromatic N) is 1. The van der Waals surface area contributed by atoms with Crippen molar-refractivity contribution in [3.8, 4) is 5.75 Å². The predicted molar refractivity (Wildman–Crippen MR) is 143 cm³/mol. The van der Waals surface area contributed by atoms with Crippen LogP contribution in [0.5, 0.6) is 5.75 Å². The zero-order chi connectivity index (χ0) is 27.1. The van der Waals surface area contributed by atoms with E-state index in [1.807, 2.05) is 18.2 Å². The second-order valence-electron chi connectivity index (χ2n) is 9.94. The lowest BCUT2D eigenvalue weighted by Gasteiger charge is -2.38. The first-order chi connectivity index (χ1) is 18.3. The average Bonchev–Trinajstić information content (AvgIpc) is 3.72. The maximum atomic E-state index is 12.8. The number of alkyl halides is 2. The Labute approximate surface area is 227 Å². The van der Waals surface area contributed by atoms with Crippen LogP contribution >= 0.6 is 11.6 Å². The Bertz CT molecular complexity index is 1080. The highest BCUT2D eigenvalue weighted by Crippen LogP contribution is 2.40. The van der Waals surface area contributed by atoms with Gasteiger partial charge in [0.1, 0.15) is 12.4 Å². The number of carboxylic acid groups (broad SMARTS) is 1. The van der Waals surface area contributed by atoms with E-state index in [2.05, 4.69) is 10.2 Å². The van der Waals surface area contributed by atoms with Crippen molar-refractivity contribution >= 4 is 34.6 Å². The molecule has 4 rings (SSSR count). The normalized spacial score (nSPS) is 16.9. The van der Waals surface area contributed by atoms with Crippen LogP contribution in [0.1, 0.15) is 43.6 Å². The third-order valence-electron chi connectivity index (χ3n) is 6.95. The summed E-state index contributed by atoms with van der Waals surface area (Å²) in [5, 5.41) is 13.2. The topological polar surface area (TPSA) is 80.3 Å². The molecule has 10 heteroatoms. The standard InChI is InChI=1S/C28H35ClF2N2O5/c1-36-16-20(13-28(34)35)19-4-7-25(33(15-18-2-3-18)22-8-10-37-11-9-22)24(12-19)32-21-5-6-23(29)26(14-21)38-17-27(30)31/h4-7,12,14,18,20,22,27,32H,2-3,8-11,13,15-17H2,1H3,(H,34,35). The van der Waals surface area contributed by atoms with E-state index in [-0.39, 0.29) is 29.7 Å². The number of aliphatic carboxylic acids is 1. The second kappa shape index (κ2) is 13.4. The Morgan fingerprint density at radius 2 is 1.92 bits per heavy atom. The van der Waals surface area contributed by atoms with E-state index >= 15 is 0 Å². The van der Waals surface area contributed by atoms with Gasteiger partial charge in [0.2, 0.25) is 0 Å². The minimum Gasteiger partial charge on any atom is -0.486 e. The van der Waals surface area contributed by atoms with Crippen LogP contribution in [0.2, 0.25) is 5.02 Å². The van der Waals surface area contributed by atoms with E-state index in [4.69, 9.17) is 25.8 Å². The molecule has 7 nitrogen and oxygen atoms in total. The SMILES string of the molecule is COCC(CC(=O)O)c1ccc(N(CC2CC2)C2CCOCC2)c(Nc2ccc(Cl)c(OCC(F)F)c2)c1. The van der Waals surface area contributed by atoms with Gasteiger partial charge in [-0.2, -0.15) is 0 Å². The summed E-state index contributed by atoms with van der Waals surface area (Å²) in [7, 11) is 1.56. The Hall–Kier alpha value is -2.62. The zero-order valence-corrected chi connectivity index (χ0v) is 22.3. The van der Waals surface area contributed by atoms with Crippen molar-refractivity contribution in [2.24, 2.45) is 5.92 Å². The predicted octanol–water partition coefficient (Wildman–Crippen LogP) is 6.33. The molecule has 1 aliphatic heterocycles. The van der Waals surface area contributed by atoms with Crippen molar-refractivity contribution in [3.05, 3.63) is 47.0 Å². The Morgan fingerprint density at radius 1 is 1.16 bits per heavy atom. The van der Waals surface area contributed by atoms with Crippen molar-refractivity contribution < 1.29 is 32.9 Å². The van der Waals surface area contributed by atoms with Gasteiger partial charge < -0.3 is 29.5 Å². The van der Waals surface area contributed by atoms with Crippen LogP contribution in [0.25, 0.3) is 0 Å². The third-order valence-corrected chi connectivity index (χ3v) is 7.26. The molecule has 38 heavy (non-hydrogen) atoms. The van der Waals surface area contributed by atoms with Gasteiger partial charge in [-0.3, -0.25) is 4.79 Å². The molecule has 2 fully saturated rings. The number of carboxylic acids is 1. The molecular formula is C28H35ClF2N2O5. The molecule has 1 atom stereocenters. The molecule has 0 amide bonds. The van der Waals surface area contributed by atoms with Crippen molar-refractivity contribution in [1.29, 1.82) is 0 Å². The fraction of sp³-hybridized carbons (Fsp3) is 0.536. The molecule has 0 bridgehead atoms. The molecule has 0 aromatic heterocycles. The molecule has 1 unspecified atom stereocenters. The quantitative estimate of drug-likeness (QED) is 0.283. The summed E-state index contributed by atoms with van der Waals surface area (Å²) in [6.45, 7) is 1.87. The highest BCUT2D eigenvalue weighted by Gasteiger charge is 2.31. The second-order valence-corrected chi connectivity index (χ2v) is 10.3. The van der Waals surface area contributed by atoms with Crippen LogP contribution in [0.4, 0.5) is 25.8 Å². The number of benzene rings is 2. The third kappa shape index (κ3) is 7.94. The maximum Gasteiger partial charge on any atom is 0.304 e. The summed E-state index contributed by atoms with van der Waals surface area (Å²) >= 11 is 6.19. The van der Waals surface area contributed by atoms with Gasteiger partial charge in [-0.25, -0.2) is 8.78 Å². The molecule has 2 aliphatic rings. The summed E-state index contributed by atoms with van der Waals surface area (Å²) in [5.41, 5.74) is 3.26. The summed E-state index contributed by atoms with van der Waals surface area (Å²) in [6.07, 6.45) is 1.57. The molecule has 1 saturated carbocycles. The lowest BCUT2D eigenvalue weighted by atomic mass is 9.94. The summed E-state index contributed by atoms with van der Waals surface area (Å²) in [5.74, 6) is -0.426. The molecule has 2 N–H and O–H groups in total. The molecule has 1 heterocycles. The van der Waals surface area contributed by atoms with E-state index in [1.165, 1.54) is 12.8 Å². The molecular weight excluding hydrogens is 518 g/mol.